The lowest BCUT2D eigenvalue weighted by Gasteiger charge is -2.31. The number of anilines is 1. The molecule has 1 atom stereocenters. The van der Waals surface area contributed by atoms with Crippen LogP contribution in [0.25, 0.3) is 10.9 Å². The van der Waals surface area contributed by atoms with Gasteiger partial charge in [0.15, 0.2) is 0 Å². The Morgan fingerprint density at radius 3 is 3.00 bits per heavy atom. The van der Waals surface area contributed by atoms with Gasteiger partial charge in [0.2, 0.25) is 0 Å². The summed E-state index contributed by atoms with van der Waals surface area (Å²) in [5.74, 6) is 2.15. The molecule has 0 amide bonds. The number of aromatic nitrogens is 2. The second-order valence-electron chi connectivity index (χ2n) is 6.82. The first-order valence-corrected chi connectivity index (χ1v) is 9.33. The number of nitrogens with zero attached hydrogens (tertiary/aromatic N) is 3. The number of rotatable bonds is 8. The molecule has 6 nitrogen and oxygen atoms in total. The van der Waals surface area contributed by atoms with E-state index in [1.165, 1.54) is 6.42 Å². The Morgan fingerprint density at radius 2 is 2.16 bits per heavy atom. The summed E-state index contributed by atoms with van der Waals surface area (Å²) in [5, 5.41) is 13.9. The second-order valence-corrected chi connectivity index (χ2v) is 6.82. The highest BCUT2D eigenvalue weighted by Gasteiger charge is 2.18. The normalized spacial score (nSPS) is 18.6. The van der Waals surface area contributed by atoms with Crippen molar-refractivity contribution >= 4 is 16.7 Å². The topological polar surface area (TPSA) is 87.3 Å². The van der Waals surface area contributed by atoms with E-state index in [9.17, 15) is 5.11 Å². The number of hydrogen-bond acceptors (Lipinski definition) is 6. The van der Waals surface area contributed by atoms with E-state index in [1.807, 2.05) is 18.2 Å². The highest BCUT2D eigenvalue weighted by atomic mass is 16.3. The fourth-order valence-corrected chi connectivity index (χ4v) is 3.51. The highest BCUT2D eigenvalue weighted by Crippen LogP contribution is 2.20. The van der Waals surface area contributed by atoms with Gasteiger partial charge >= 0.3 is 0 Å². The van der Waals surface area contributed by atoms with Crippen LogP contribution in [0.2, 0.25) is 0 Å². The number of para-hydroxylation sites is 1. The first kappa shape index (κ1) is 18.0. The Kier molecular flexibility index (Phi) is 6.55. The molecule has 1 aliphatic rings. The SMILES string of the molecule is NCCc1nc(NCCCN2CCC[C@H](CO)C2)c2ccccc2n1. The molecule has 136 valence electrons. The number of fused-ring (bicyclic) bond motifs is 1. The Hall–Kier alpha value is -1.76. The summed E-state index contributed by atoms with van der Waals surface area (Å²) in [7, 11) is 0. The van der Waals surface area contributed by atoms with Crippen molar-refractivity contribution in [3.63, 3.8) is 0 Å². The molecule has 6 heteroatoms. The third-order valence-corrected chi connectivity index (χ3v) is 4.82. The largest absolute Gasteiger partial charge is 0.396 e. The van der Waals surface area contributed by atoms with Crippen molar-refractivity contribution in [3.8, 4) is 0 Å². The summed E-state index contributed by atoms with van der Waals surface area (Å²) in [6.45, 7) is 4.97. The van der Waals surface area contributed by atoms with Crippen LogP contribution in [-0.2, 0) is 6.42 Å². The van der Waals surface area contributed by atoms with Crippen molar-refractivity contribution in [2.45, 2.75) is 25.7 Å². The Morgan fingerprint density at radius 1 is 1.28 bits per heavy atom. The zero-order valence-electron chi connectivity index (χ0n) is 14.8. The van der Waals surface area contributed by atoms with E-state index in [4.69, 9.17) is 5.73 Å². The predicted molar refractivity (Wildman–Crippen MR) is 102 cm³/mol. The second kappa shape index (κ2) is 9.08. The third-order valence-electron chi connectivity index (χ3n) is 4.82. The maximum Gasteiger partial charge on any atom is 0.137 e. The van der Waals surface area contributed by atoms with Crippen LogP contribution in [0.4, 0.5) is 5.82 Å². The smallest absolute Gasteiger partial charge is 0.137 e. The molecule has 0 radical (unpaired) electrons. The van der Waals surface area contributed by atoms with Gasteiger partial charge in [-0.1, -0.05) is 12.1 Å². The molecule has 1 fully saturated rings. The van der Waals surface area contributed by atoms with Gasteiger partial charge in [-0.2, -0.15) is 0 Å². The van der Waals surface area contributed by atoms with Crippen LogP contribution in [0, 0.1) is 5.92 Å². The molecule has 1 saturated heterocycles. The van der Waals surface area contributed by atoms with Crippen LogP contribution in [-0.4, -0.2) is 59.3 Å². The average Bonchev–Trinajstić information content (AvgIpc) is 2.65. The maximum atomic E-state index is 9.34. The maximum absolute atomic E-state index is 9.34. The summed E-state index contributed by atoms with van der Waals surface area (Å²) < 4.78 is 0. The molecule has 0 bridgehead atoms. The summed E-state index contributed by atoms with van der Waals surface area (Å²) in [4.78, 5) is 11.7. The van der Waals surface area contributed by atoms with Crippen molar-refractivity contribution < 1.29 is 5.11 Å². The Bertz CT molecular complexity index is 678. The summed E-state index contributed by atoms with van der Waals surface area (Å²) in [6, 6.07) is 8.09. The molecule has 2 heterocycles. The first-order valence-electron chi connectivity index (χ1n) is 9.33. The fourth-order valence-electron chi connectivity index (χ4n) is 3.51. The minimum absolute atomic E-state index is 0.311. The predicted octanol–water partition coefficient (Wildman–Crippen LogP) is 1.64. The number of nitrogens with one attached hydrogen (secondary N) is 1. The van der Waals surface area contributed by atoms with Crippen molar-refractivity contribution in [1.29, 1.82) is 0 Å². The van der Waals surface area contributed by atoms with E-state index < -0.39 is 0 Å². The van der Waals surface area contributed by atoms with E-state index in [-0.39, 0.29) is 0 Å². The van der Waals surface area contributed by atoms with Crippen molar-refractivity contribution in [3.05, 3.63) is 30.1 Å². The molecule has 0 saturated carbocycles. The molecule has 1 aliphatic heterocycles. The molecular formula is C19H29N5O. The third kappa shape index (κ3) is 4.87. The van der Waals surface area contributed by atoms with Crippen molar-refractivity contribution in [2.24, 2.45) is 11.7 Å². The summed E-state index contributed by atoms with van der Waals surface area (Å²) >= 11 is 0. The molecule has 0 unspecified atom stereocenters. The molecule has 4 N–H and O–H groups in total. The van der Waals surface area contributed by atoms with Crippen molar-refractivity contribution in [1.82, 2.24) is 14.9 Å². The van der Waals surface area contributed by atoms with Gasteiger partial charge in [0.25, 0.3) is 0 Å². The molecule has 0 spiro atoms. The van der Waals surface area contributed by atoms with Crippen LogP contribution in [0.15, 0.2) is 24.3 Å². The highest BCUT2D eigenvalue weighted by molar-refractivity contribution is 5.88. The van der Waals surface area contributed by atoms with Gasteiger partial charge in [-0.25, -0.2) is 9.97 Å². The van der Waals surface area contributed by atoms with Crippen LogP contribution in [0.5, 0.6) is 0 Å². The van der Waals surface area contributed by atoms with Crippen LogP contribution in [0.1, 0.15) is 25.1 Å². The van der Waals surface area contributed by atoms with Crippen LogP contribution < -0.4 is 11.1 Å². The zero-order valence-corrected chi connectivity index (χ0v) is 14.8. The summed E-state index contributed by atoms with van der Waals surface area (Å²) in [6.07, 6.45) is 4.10. The number of hydrogen-bond donors (Lipinski definition) is 3. The number of likely N-dealkylation sites (tertiary alicyclic amines) is 1. The van der Waals surface area contributed by atoms with Gasteiger partial charge in [-0.05, 0) is 56.9 Å². The lowest BCUT2D eigenvalue weighted by atomic mass is 9.99. The van der Waals surface area contributed by atoms with Gasteiger partial charge in [0.1, 0.15) is 11.6 Å². The van der Waals surface area contributed by atoms with E-state index in [2.05, 4.69) is 26.3 Å². The summed E-state index contributed by atoms with van der Waals surface area (Å²) in [5.41, 5.74) is 6.62. The Balaban J connectivity index is 1.57. The number of nitrogens with two attached hydrogens (primary N) is 1. The molecule has 3 rings (SSSR count). The number of aliphatic hydroxyl groups excluding tert-OH is 1. The van der Waals surface area contributed by atoms with E-state index >= 15 is 0 Å². The fraction of sp³-hybridized carbons (Fsp3) is 0.579. The van der Waals surface area contributed by atoms with Gasteiger partial charge in [0, 0.05) is 31.5 Å². The standard InChI is InChI=1S/C19H29N5O/c20-9-8-18-22-17-7-2-1-6-16(17)19(23-18)21-10-4-12-24-11-3-5-15(13-24)14-25/h1-2,6-7,15,25H,3-5,8-14,20H2,(H,21,22,23)/t15-/m0/s1. The number of aliphatic hydroxyl groups is 1. The van der Waals surface area contributed by atoms with Gasteiger partial charge in [-0.3, -0.25) is 0 Å². The van der Waals surface area contributed by atoms with Gasteiger partial charge < -0.3 is 21.1 Å². The number of benzene rings is 1. The monoisotopic (exact) mass is 343 g/mol. The van der Waals surface area contributed by atoms with E-state index in [1.54, 1.807) is 0 Å². The van der Waals surface area contributed by atoms with Crippen molar-refractivity contribution in [2.75, 3.05) is 44.6 Å². The minimum Gasteiger partial charge on any atom is -0.396 e. The lowest BCUT2D eigenvalue weighted by molar-refractivity contribution is 0.120. The zero-order chi connectivity index (χ0) is 17.5. The molecule has 25 heavy (non-hydrogen) atoms. The van der Waals surface area contributed by atoms with Gasteiger partial charge in [0.05, 0.1) is 5.52 Å². The van der Waals surface area contributed by atoms with E-state index in [0.717, 1.165) is 61.6 Å². The van der Waals surface area contributed by atoms with Crippen LogP contribution >= 0.6 is 0 Å². The molecule has 2 aromatic rings. The van der Waals surface area contributed by atoms with E-state index in [0.29, 0.717) is 25.5 Å². The molecule has 0 aliphatic carbocycles. The molecule has 1 aromatic carbocycles. The lowest BCUT2D eigenvalue weighted by Crippen LogP contribution is -2.37. The average molecular weight is 343 g/mol. The minimum atomic E-state index is 0.311. The first-order chi connectivity index (χ1) is 12.3. The molecule has 1 aromatic heterocycles. The Labute approximate surface area is 149 Å². The van der Waals surface area contributed by atoms with Crippen LogP contribution in [0.3, 0.4) is 0 Å². The molecular weight excluding hydrogens is 314 g/mol. The van der Waals surface area contributed by atoms with Gasteiger partial charge in [-0.15, -0.1) is 0 Å². The quantitative estimate of drug-likeness (QED) is 0.632. The number of piperidine rings is 1.